The van der Waals surface area contributed by atoms with Gasteiger partial charge in [0, 0.05) is 57.6 Å². The molecule has 2 aliphatic rings. The van der Waals surface area contributed by atoms with Gasteiger partial charge in [0.15, 0.2) is 0 Å². The largest absolute Gasteiger partial charge is 0.488 e. The molecule has 0 aromatic heterocycles. The Balaban J connectivity index is 1.31. The molecule has 0 saturated carbocycles. The maximum absolute atomic E-state index is 11.2. The van der Waals surface area contributed by atoms with E-state index in [1.54, 1.807) is 6.07 Å². The molecule has 8 nitrogen and oxygen atoms in total. The normalized spacial score (nSPS) is 18.2. The number of nitro groups is 1. The van der Waals surface area contributed by atoms with Crippen LogP contribution in [0.2, 0.25) is 0 Å². The number of nitro benzene ring substituents is 1. The van der Waals surface area contributed by atoms with E-state index in [2.05, 4.69) is 26.8 Å². The van der Waals surface area contributed by atoms with E-state index in [0.29, 0.717) is 12.3 Å². The van der Waals surface area contributed by atoms with Crippen molar-refractivity contribution in [3.8, 4) is 5.75 Å². The lowest BCUT2D eigenvalue weighted by Crippen LogP contribution is -2.49. The Kier molecular flexibility index (Phi) is 6.89. The molecule has 1 N–H and O–H groups in total. The molecule has 1 unspecified atom stereocenters. The van der Waals surface area contributed by atoms with Crippen LogP contribution in [0.3, 0.4) is 0 Å². The average molecular weight is 427 g/mol. The van der Waals surface area contributed by atoms with Crippen molar-refractivity contribution in [1.29, 1.82) is 0 Å². The second kappa shape index (κ2) is 9.98. The molecule has 0 amide bonds. The van der Waals surface area contributed by atoms with Crippen LogP contribution in [-0.4, -0.2) is 73.5 Å². The van der Waals surface area contributed by atoms with E-state index in [0.717, 1.165) is 57.8 Å². The Morgan fingerprint density at radius 2 is 1.68 bits per heavy atom. The van der Waals surface area contributed by atoms with Crippen molar-refractivity contribution in [2.45, 2.75) is 18.9 Å². The molecule has 2 aromatic rings. The third kappa shape index (κ3) is 5.45. The third-order valence-electron chi connectivity index (χ3n) is 5.99. The zero-order valence-corrected chi connectivity index (χ0v) is 17.7. The molecule has 2 fully saturated rings. The van der Waals surface area contributed by atoms with Crippen molar-refractivity contribution in [1.82, 2.24) is 4.90 Å². The molecule has 166 valence electrons. The van der Waals surface area contributed by atoms with Gasteiger partial charge < -0.3 is 19.6 Å². The average Bonchev–Trinajstić information content (AvgIpc) is 3.33. The summed E-state index contributed by atoms with van der Waals surface area (Å²) in [6.45, 7) is 6.06. The second-order valence-electron chi connectivity index (χ2n) is 8.19. The Bertz CT molecular complexity index is 865. The molecule has 8 heteroatoms. The molecule has 2 saturated heterocycles. The Morgan fingerprint density at radius 1 is 0.968 bits per heavy atom. The highest BCUT2D eigenvalue weighted by Gasteiger charge is 2.22. The molecule has 0 bridgehead atoms. The number of non-ortho nitro benzene ring substituents is 1. The SMILES string of the molecule is O=[N+]([O-])c1ccc(N2CCCC2)c(OCC(O)CN2CCN(c3ccccc3)CC2)c1. The van der Waals surface area contributed by atoms with Crippen LogP contribution < -0.4 is 14.5 Å². The molecule has 2 heterocycles. The van der Waals surface area contributed by atoms with Crippen LogP contribution in [0.1, 0.15) is 12.8 Å². The lowest BCUT2D eigenvalue weighted by atomic mass is 10.2. The van der Waals surface area contributed by atoms with Gasteiger partial charge in [-0.25, -0.2) is 0 Å². The van der Waals surface area contributed by atoms with Crippen LogP contribution in [-0.2, 0) is 0 Å². The van der Waals surface area contributed by atoms with Crippen LogP contribution in [0, 0.1) is 10.1 Å². The van der Waals surface area contributed by atoms with Gasteiger partial charge in [-0.3, -0.25) is 15.0 Å². The maximum Gasteiger partial charge on any atom is 0.273 e. The number of benzene rings is 2. The first-order valence-electron chi connectivity index (χ1n) is 11.0. The van der Waals surface area contributed by atoms with Crippen molar-refractivity contribution in [2.24, 2.45) is 0 Å². The zero-order chi connectivity index (χ0) is 21.6. The van der Waals surface area contributed by atoms with Crippen molar-refractivity contribution in [2.75, 3.05) is 62.2 Å². The minimum atomic E-state index is -0.658. The number of rotatable bonds is 8. The van der Waals surface area contributed by atoms with E-state index < -0.39 is 11.0 Å². The molecule has 0 radical (unpaired) electrons. The number of aliphatic hydroxyl groups excluding tert-OH is 1. The van der Waals surface area contributed by atoms with Gasteiger partial charge in [-0.15, -0.1) is 0 Å². The molecule has 2 aliphatic heterocycles. The van der Waals surface area contributed by atoms with Crippen LogP contribution in [0.4, 0.5) is 17.1 Å². The smallest absolute Gasteiger partial charge is 0.273 e. The number of hydrogen-bond acceptors (Lipinski definition) is 7. The summed E-state index contributed by atoms with van der Waals surface area (Å²) in [7, 11) is 0. The summed E-state index contributed by atoms with van der Waals surface area (Å²) < 4.78 is 5.90. The standard InChI is InChI=1S/C23H30N4O4/c28-21(17-24-12-14-25(15-13-24)19-6-2-1-3-7-19)18-31-23-16-20(27(29)30)8-9-22(23)26-10-4-5-11-26/h1-3,6-9,16,21,28H,4-5,10-15,17-18H2. The first kappa shape index (κ1) is 21.4. The molecular weight excluding hydrogens is 396 g/mol. The number of aliphatic hydroxyl groups is 1. The molecule has 0 aliphatic carbocycles. The van der Waals surface area contributed by atoms with Gasteiger partial charge in [-0.1, -0.05) is 18.2 Å². The van der Waals surface area contributed by atoms with Crippen molar-refractivity contribution in [3.63, 3.8) is 0 Å². The van der Waals surface area contributed by atoms with Crippen LogP contribution in [0.25, 0.3) is 0 Å². The number of nitrogens with zero attached hydrogens (tertiary/aromatic N) is 4. The minimum absolute atomic E-state index is 0.00414. The van der Waals surface area contributed by atoms with Gasteiger partial charge in [0.1, 0.15) is 18.5 Å². The fraction of sp³-hybridized carbons (Fsp3) is 0.478. The summed E-state index contributed by atoms with van der Waals surface area (Å²) in [5, 5.41) is 21.7. The van der Waals surface area contributed by atoms with E-state index in [9.17, 15) is 15.2 Å². The van der Waals surface area contributed by atoms with Crippen molar-refractivity contribution in [3.05, 3.63) is 58.6 Å². The van der Waals surface area contributed by atoms with Gasteiger partial charge in [0.25, 0.3) is 5.69 Å². The van der Waals surface area contributed by atoms with Gasteiger partial charge in [-0.05, 0) is 31.0 Å². The highest BCUT2D eigenvalue weighted by Crippen LogP contribution is 2.34. The van der Waals surface area contributed by atoms with Crippen LogP contribution in [0.5, 0.6) is 5.75 Å². The maximum atomic E-state index is 11.2. The summed E-state index contributed by atoms with van der Waals surface area (Å²) in [6, 6.07) is 15.1. The predicted molar refractivity (Wildman–Crippen MR) is 121 cm³/mol. The number of para-hydroxylation sites is 1. The summed E-state index contributed by atoms with van der Waals surface area (Å²) in [6.07, 6.45) is 1.55. The van der Waals surface area contributed by atoms with E-state index >= 15 is 0 Å². The molecule has 4 rings (SSSR count). The number of anilines is 2. The minimum Gasteiger partial charge on any atom is -0.488 e. The van der Waals surface area contributed by atoms with E-state index in [1.165, 1.54) is 17.8 Å². The lowest BCUT2D eigenvalue weighted by Gasteiger charge is -2.36. The number of hydrogen-bond donors (Lipinski definition) is 1. The highest BCUT2D eigenvalue weighted by molar-refractivity contribution is 5.63. The first-order valence-corrected chi connectivity index (χ1v) is 11.0. The molecule has 2 aromatic carbocycles. The van der Waals surface area contributed by atoms with Crippen LogP contribution in [0.15, 0.2) is 48.5 Å². The molecular formula is C23H30N4O4. The molecule has 31 heavy (non-hydrogen) atoms. The van der Waals surface area contributed by atoms with Crippen molar-refractivity contribution < 1.29 is 14.8 Å². The fourth-order valence-electron chi connectivity index (χ4n) is 4.32. The quantitative estimate of drug-likeness (QED) is 0.513. The molecule has 0 spiro atoms. The second-order valence-corrected chi connectivity index (χ2v) is 8.19. The first-order chi connectivity index (χ1) is 15.1. The topological polar surface area (TPSA) is 82.3 Å². The third-order valence-corrected chi connectivity index (χ3v) is 5.99. The van der Waals surface area contributed by atoms with E-state index in [1.807, 2.05) is 18.2 Å². The summed E-state index contributed by atoms with van der Waals surface area (Å²) in [5.41, 5.74) is 2.10. The van der Waals surface area contributed by atoms with E-state index in [4.69, 9.17) is 4.74 Å². The lowest BCUT2D eigenvalue weighted by molar-refractivity contribution is -0.384. The Labute approximate surface area is 182 Å². The zero-order valence-electron chi connectivity index (χ0n) is 17.7. The number of piperazine rings is 1. The van der Waals surface area contributed by atoms with Crippen molar-refractivity contribution >= 4 is 17.1 Å². The molecule has 1 atom stereocenters. The van der Waals surface area contributed by atoms with Gasteiger partial charge in [0.05, 0.1) is 16.7 Å². The van der Waals surface area contributed by atoms with Gasteiger partial charge >= 0.3 is 0 Å². The van der Waals surface area contributed by atoms with E-state index in [-0.39, 0.29) is 12.3 Å². The highest BCUT2D eigenvalue weighted by atomic mass is 16.6. The summed E-state index contributed by atoms with van der Waals surface area (Å²) in [5.74, 6) is 0.476. The fourth-order valence-corrected chi connectivity index (χ4v) is 4.32. The Morgan fingerprint density at radius 3 is 2.35 bits per heavy atom. The summed E-state index contributed by atoms with van der Waals surface area (Å²) in [4.78, 5) is 17.6. The Hall–Kier alpha value is -2.84. The van der Waals surface area contributed by atoms with Gasteiger partial charge in [-0.2, -0.15) is 0 Å². The predicted octanol–water partition coefficient (Wildman–Crippen LogP) is 2.76. The number of ether oxygens (including phenoxy) is 1. The van der Waals surface area contributed by atoms with Gasteiger partial charge in [0.2, 0.25) is 0 Å². The monoisotopic (exact) mass is 426 g/mol. The van der Waals surface area contributed by atoms with Crippen LogP contribution >= 0.6 is 0 Å². The summed E-state index contributed by atoms with van der Waals surface area (Å²) >= 11 is 0. The number of β-amino-alcohol motifs (C(OH)–C–C–N with tert-alkyl or cyclic N) is 1.